The summed E-state index contributed by atoms with van der Waals surface area (Å²) in [6.07, 6.45) is 3.48. The van der Waals surface area contributed by atoms with E-state index in [9.17, 15) is 9.18 Å². The third kappa shape index (κ3) is 3.84. The van der Waals surface area contributed by atoms with Gasteiger partial charge in [-0.05, 0) is 52.3 Å². The van der Waals surface area contributed by atoms with Gasteiger partial charge < -0.3 is 5.32 Å². The van der Waals surface area contributed by atoms with Crippen molar-refractivity contribution in [3.8, 4) is 22.5 Å². The molecule has 5 aromatic rings. The molecule has 0 aliphatic rings. The number of carbonyl (C=O) groups excluding carboxylic acids is 1. The van der Waals surface area contributed by atoms with Gasteiger partial charge in [0.25, 0.3) is 5.91 Å². The number of thiazole rings is 1. The van der Waals surface area contributed by atoms with Gasteiger partial charge >= 0.3 is 0 Å². The highest BCUT2D eigenvalue weighted by Crippen LogP contribution is 2.30. The van der Waals surface area contributed by atoms with Gasteiger partial charge in [-0.1, -0.05) is 0 Å². The molecule has 0 fully saturated rings. The maximum atomic E-state index is 13.3. The first kappa shape index (κ1) is 19.5. The number of aromatic nitrogens is 6. The smallest absolute Gasteiger partial charge is 0.276 e. The maximum absolute atomic E-state index is 13.3. The molecule has 0 atom stereocenters. The largest absolute Gasteiger partial charge is 0.304 e. The third-order valence-corrected chi connectivity index (χ3v) is 5.86. The van der Waals surface area contributed by atoms with Gasteiger partial charge in [0, 0.05) is 29.8 Å². The number of amides is 1. The van der Waals surface area contributed by atoms with Crippen molar-refractivity contribution in [3.63, 3.8) is 0 Å². The molecule has 1 N–H and O–H groups in total. The van der Waals surface area contributed by atoms with Crippen molar-refractivity contribution in [3.05, 3.63) is 69.6 Å². The third-order valence-electron chi connectivity index (χ3n) is 4.49. The summed E-state index contributed by atoms with van der Waals surface area (Å²) >= 11 is 4.57. The van der Waals surface area contributed by atoms with Crippen molar-refractivity contribution in [1.29, 1.82) is 0 Å². The lowest BCUT2D eigenvalue weighted by Crippen LogP contribution is -2.12. The summed E-state index contributed by atoms with van der Waals surface area (Å²) in [5.74, 6) is -0.293. The lowest BCUT2D eigenvalue weighted by atomic mass is 10.1. The van der Waals surface area contributed by atoms with E-state index in [0.717, 1.165) is 11.1 Å². The molecule has 31 heavy (non-hydrogen) atoms. The van der Waals surface area contributed by atoms with Gasteiger partial charge in [-0.2, -0.15) is 10.2 Å². The molecule has 0 saturated carbocycles. The van der Waals surface area contributed by atoms with Crippen LogP contribution in [0, 0.1) is 5.82 Å². The molecule has 0 aliphatic heterocycles. The average Bonchev–Trinajstić information content (AvgIpc) is 3.45. The molecule has 0 unspecified atom stereocenters. The van der Waals surface area contributed by atoms with E-state index in [-0.39, 0.29) is 11.7 Å². The Kier molecular flexibility index (Phi) is 4.83. The monoisotopic (exact) mass is 497 g/mol. The first-order valence-corrected chi connectivity index (χ1v) is 10.7. The summed E-state index contributed by atoms with van der Waals surface area (Å²) in [5, 5.41) is 13.5. The fourth-order valence-electron chi connectivity index (χ4n) is 3.12. The number of anilines is 1. The van der Waals surface area contributed by atoms with Crippen molar-refractivity contribution < 1.29 is 9.18 Å². The second-order valence-electron chi connectivity index (χ2n) is 6.66. The van der Waals surface area contributed by atoms with Crippen LogP contribution in [0.2, 0.25) is 0 Å². The molecule has 11 heteroatoms. The number of nitrogens with one attached hydrogen (secondary N) is 1. The van der Waals surface area contributed by atoms with Crippen molar-refractivity contribution in [2.45, 2.75) is 0 Å². The molecule has 8 nitrogen and oxygen atoms in total. The highest BCUT2D eigenvalue weighted by atomic mass is 79.9. The predicted molar refractivity (Wildman–Crippen MR) is 118 cm³/mol. The van der Waals surface area contributed by atoms with Crippen LogP contribution < -0.4 is 5.32 Å². The Morgan fingerprint density at radius 2 is 1.90 bits per heavy atom. The van der Waals surface area contributed by atoms with E-state index < -0.39 is 0 Å². The van der Waals surface area contributed by atoms with E-state index in [4.69, 9.17) is 0 Å². The molecule has 0 aliphatic carbocycles. The van der Waals surface area contributed by atoms with Crippen molar-refractivity contribution in [1.82, 2.24) is 29.4 Å². The van der Waals surface area contributed by atoms with Gasteiger partial charge in [-0.25, -0.2) is 18.9 Å². The predicted octanol–water partition coefficient (Wildman–Crippen LogP) is 4.41. The van der Waals surface area contributed by atoms with Crippen LogP contribution in [-0.2, 0) is 7.05 Å². The average molecular weight is 498 g/mol. The molecule has 0 saturated heterocycles. The minimum Gasteiger partial charge on any atom is -0.304 e. The molecule has 1 aromatic carbocycles. The Morgan fingerprint density at radius 3 is 2.65 bits per heavy atom. The van der Waals surface area contributed by atoms with Crippen LogP contribution in [0.5, 0.6) is 0 Å². The summed E-state index contributed by atoms with van der Waals surface area (Å²) in [4.78, 5) is 20.8. The number of fused-ring (bicyclic) bond motifs is 1. The summed E-state index contributed by atoms with van der Waals surface area (Å²) in [7, 11) is 1.82. The minimum atomic E-state index is -0.351. The van der Waals surface area contributed by atoms with Gasteiger partial charge in [0.2, 0.25) is 0 Å². The number of rotatable bonds is 4. The highest BCUT2D eigenvalue weighted by Gasteiger charge is 2.16. The Morgan fingerprint density at radius 1 is 1.10 bits per heavy atom. The Bertz CT molecular complexity index is 1420. The highest BCUT2D eigenvalue weighted by molar-refractivity contribution is 9.11. The zero-order chi connectivity index (χ0) is 21.5. The Hall–Kier alpha value is -3.44. The minimum absolute atomic E-state index is 0.307. The summed E-state index contributed by atoms with van der Waals surface area (Å²) in [6.45, 7) is 0. The lowest BCUT2D eigenvalue weighted by molar-refractivity contribution is 0.102. The second kappa shape index (κ2) is 7.67. The van der Waals surface area contributed by atoms with E-state index >= 15 is 0 Å². The summed E-state index contributed by atoms with van der Waals surface area (Å²) in [5.41, 5.74) is 3.82. The van der Waals surface area contributed by atoms with E-state index in [0.29, 0.717) is 32.5 Å². The molecule has 4 aromatic heterocycles. The molecular formula is C20H13BrFN7OS. The number of nitrogens with zero attached hydrogens (tertiary/aromatic N) is 6. The fourth-order valence-corrected chi connectivity index (χ4v) is 4.11. The SMILES string of the molecule is Cn1cc(-c2ccc3nc(NC(=O)c4csc(Br)n4)cn3n2)c(-c2ccc(F)cc2)n1. The number of aryl methyl sites for hydroxylation is 1. The van der Waals surface area contributed by atoms with Crippen LogP contribution in [0.15, 0.2) is 58.1 Å². The van der Waals surface area contributed by atoms with Crippen LogP contribution in [0.1, 0.15) is 10.5 Å². The molecule has 4 heterocycles. The van der Waals surface area contributed by atoms with Gasteiger partial charge in [-0.15, -0.1) is 11.3 Å². The number of hydrogen-bond acceptors (Lipinski definition) is 6. The molecule has 0 bridgehead atoms. The quantitative estimate of drug-likeness (QED) is 0.397. The summed E-state index contributed by atoms with van der Waals surface area (Å²) in [6, 6.07) is 9.80. The molecule has 1 amide bonds. The van der Waals surface area contributed by atoms with Crippen LogP contribution in [0.25, 0.3) is 28.2 Å². The van der Waals surface area contributed by atoms with Crippen LogP contribution in [0.3, 0.4) is 0 Å². The Labute approximate surface area is 187 Å². The first-order valence-electron chi connectivity index (χ1n) is 9.05. The van der Waals surface area contributed by atoms with Crippen molar-refractivity contribution in [2.75, 3.05) is 5.32 Å². The number of imidazole rings is 1. The number of benzene rings is 1. The zero-order valence-electron chi connectivity index (χ0n) is 16.0. The van der Waals surface area contributed by atoms with E-state index in [1.165, 1.54) is 23.5 Å². The fraction of sp³-hybridized carbons (Fsp3) is 0.0500. The zero-order valence-corrected chi connectivity index (χ0v) is 18.4. The lowest BCUT2D eigenvalue weighted by Gasteiger charge is -2.03. The van der Waals surface area contributed by atoms with Gasteiger partial charge in [0.15, 0.2) is 15.4 Å². The maximum Gasteiger partial charge on any atom is 0.276 e. The normalized spacial score (nSPS) is 11.2. The number of hydrogen-bond donors (Lipinski definition) is 1. The molecule has 5 rings (SSSR count). The molecule has 0 radical (unpaired) electrons. The van der Waals surface area contributed by atoms with E-state index in [2.05, 4.69) is 41.4 Å². The van der Waals surface area contributed by atoms with Gasteiger partial charge in [0.05, 0.1) is 11.9 Å². The second-order valence-corrected chi connectivity index (χ2v) is 8.79. The van der Waals surface area contributed by atoms with Crippen molar-refractivity contribution in [2.24, 2.45) is 7.05 Å². The van der Waals surface area contributed by atoms with Gasteiger partial charge in [-0.3, -0.25) is 9.48 Å². The first-order chi connectivity index (χ1) is 15.0. The van der Waals surface area contributed by atoms with E-state index in [1.54, 1.807) is 39.0 Å². The molecule has 154 valence electrons. The van der Waals surface area contributed by atoms with Crippen molar-refractivity contribution >= 4 is 44.6 Å². The topological polar surface area (TPSA) is 90.0 Å². The number of halogens is 2. The van der Waals surface area contributed by atoms with Gasteiger partial charge in [0.1, 0.15) is 17.2 Å². The molecule has 0 spiro atoms. The Balaban J connectivity index is 1.48. The summed E-state index contributed by atoms with van der Waals surface area (Å²) < 4.78 is 17.2. The molecular weight excluding hydrogens is 485 g/mol. The number of carbonyl (C=O) groups is 1. The van der Waals surface area contributed by atoms with E-state index in [1.807, 2.05) is 19.3 Å². The van der Waals surface area contributed by atoms with Crippen LogP contribution in [-0.4, -0.2) is 35.3 Å². The van der Waals surface area contributed by atoms with Crippen LogP contribution >= 0.6 is 27.3 Å². The standard InChI is InChI=1S/C20H13BrFN7OS/c1-28-8-13(18(27-28)11-2-4-12(22)5-3-11)14-6-7-17-24-16(9-29(17)26-14)25-19(30)15-10-31-20(21)23-15/h2-10H,1H3,(H,25,30). The van der Waals surface area contributed by atoms with Crippen LogP contribution in [0.4, 0.5) is 10.2 Å².